The molecule has 20 heavy (non-hydrogen) atoms. The van der Waals surface area contributed by atoms with Crippen LogP contribution in [0, 0.1) is 0 Å². The molecule has 1 aromatic carbocycles. The number of aromatic carboxylic acids is 1. The molecule has 0 bridgehead atoms. The van der Waals surface area contributed by atoms with Gasteiger partial charge in [-0.1, -0.05) is 24.8 Å². The maximum Gasteiger partial charge on any atom is 0.414 e. The second-order valence-electron chi connectivity index (χ2n) is 4.64. The first-order valence-corrected chi connectivity index (χ1v) is 6.54. The van der Waals surface area contributed by atoms with E-state index >= 15 is 0 Å². The number of carbonyl (C=O) groups is 2. The molecule has 1 amide bonds. The minimum Gasteiger partial charge on any atom is -0.478 e. The molecule has 0 heterocycles. The number of benzene rings is 1. The fourth-order valence-corrected chi connectivity index (χ4v) is 2.15. The van der Waals surface area contributed by atoms with Gasteiger partial charge in [0.05, 0.1) is 11.3 Å². The molecule has 0 atom stereocenters. The van der Waals surface area contributed by atoms with Gasteiger partial charge in [-0.15, -0.1) is 0 Å². The number of carbonyl (C=O) groups excluding carboxylic acids is 1. The van der Waals surface area contributed by atoms with Crippen LogP contribution < -0.4 is 4.90 Å². The minimum atomic E-state index is -1.05. The molecular weight excluding hydrogens is 258 g/mol. The third kappa shape index (κ3) is 2.82. The Morgan fingerprint density at radius 1 is 1.40 bits per heavy atom. The number of carboxylic acids is 1. The fourth-order valence-electron chi connectivity index (χ4n) is 2.15. The maximum absolute atomic E-state index is 12.2. The van der Waals surface area contributed by atoms with Gasteiger partial charge in [0.1, 0.15) is 6.61 Å². The summed E-state index contributed by atoms with van der Waals surface area (Å²) in [4.78, 5) is 24.9. The minimum absolute atomic E-state index is 0.00724. The quantitative estimate of drug-likeness (QED) is 0.839. The van der Waals surface area contributed by atoms with Crippen molar-refractivity contribution in [3.8, 4) is 0 Å². The highest BCUT2D eigenvalue weighted by molar-refractivity contribution is 6.00. The zero-order valence-corrected chi connectivity index (χ0v) is 11.1. The molecule has 5 heteroatoms. The van der Waals surface area contributed by atoms with Crippen molar-refractivity contribution in [2.45, 2.75) is 25.3 Å². The molecule has 106 valence electrons. The molecule has 0 saturated heterocycles. The molecule has 0 unspecified atom stereocenters. The lowest BCUT2D eigenvalue weighted by Crippen LogP contribution is -2.45. The van der Waals surface area contributed by atoms with Crippen LogP contribution in [0.3, 0.4) is 0 Å². The number of rotatable bonds is 5. The lowest BCUT2D eigenvalue weighted by molar-refractivity contribution is 0.0697. The van der Waals surface area contributed by atoms with Crippen molar-refractivity contribution in [3.63, 3.8) is 0 Å². The number of anilines is 1. The van der Waals surface area contributed by atoms with Crippen LogP contribution in [0.25, 0.3) is 0 Å². The van der Waals surface area contributed by atoms with Crippen LogP contribution in [-0.2, 0) is 4.74 Å². The van der Waals surface area contributed by atoms with Crippen molar-refractivity contribution in [3.05, 3.63) is 42.5 Å². The van der Waals surface area contributed by atoms with Gasteiger partial charge >= 0.3 is 12.1 Å². The Morgan fingerprint density at radius 2 is 2.10 bits per heavy atom. The van der Waals surface area contributed by atoms with Crippen molar-refractivity contribution in [2.75, 3.05) is 11.5 Å². The number of hydrogen-bond acceptors (Lipinski definition) is 3. The molecule has 1 saturated carbocycles. The Morgan fingerprint density at radius 3 is 2.65 bits per heavy atom. The number of hydrogen-bond donors (Lipinski definition) is 1. The lowest BCUT2D eigenvalue weighted by Gasteiger charge is -2.37. The molecule has 1 N–H and O–H groups in total. The molecular formula is C15H17NO4. The summed E-state index contributed by atoms with van der Waals surface area (Å²) in [5.74, 6) is -1.05. The third-order valence-corrected chi connectivity index (χ3v) is 3.36. The van der Waals surface area contributed by atoms with Gasteiger partial charge in [-0.2, -0.15) is 0 Å². The summed E-state index contributed by atoms with van der Waals surface area (Å²) in [6.45, 7) is 3.61. The molecule has 1 aromatic rings. The van der Waals surface area contributed by atoms with E-state index in [0.29, 0.717) is 5.69 Å². The standard InChI is InChI=1S/C15H17NO4/c1-2-10-20-15(19)16(11-6-5-7-11)13-9-4-3-8-12(13)14(17)18/h2-4,8-9,11H,1,5-7,10H2,(H,17,18). The van der Waals surface area contributed by atoms with Gasteiger partial charge < -0.3 is 9.84 Å². The first-order chi connectivity index (χ1) is 9.65. The van der Waals surface area contributed by atoms with Crippen LogP contribution in [0.15, 0.2) is 36.9 Å². The average Bonchev–Trinajstić information content (AvgIpc) is 2.39. The molecule has 0 aromatic heterocycles. The highest BCUT2D eigenvalue weighted by Gasteiger charge is 2.33. The molecule has 1 fully saturated rings. The molecule has 5 nitrogen and oxygen atoms in total. The van der Waals surface area contributed by atoms with Gasteiger partial charge in [0.2, 0.25) is 0 Å². The van der Waals surface area contributed by atoms with Gasteiger partial charge in [0, 0.05) is 6.04 Å². The predicted octanol–water partition coefficient (Wildman–Crippen LogP) is 3.07. The zero-order valence-electron chi connectivity index (χ0n) is 11.1. The Hall–Kier alpha value is -2.30. The average molecular weight is 275 g/mol. The van der Waals surface area contributed by atoms with E-state index in [1.807, 2.05) is 0 Å². The number of nitrogens with zero attached hydrogens (tertiary/aromatic N) is 1. The van der Waals surface area contributed by atoms with E-state index in [1.54, 1.807) is 18.2 Å². The van der Waals surface area contributed by atoms with Gasteiger partial charge in [0.25, 0.3) is 0 Å². The van der Waals surface area contributed by atoms with E-state index < -0.39 is 12.1 Å². The Kier molecular flexibility index (Phi) is 4.40. The number of amides is 1. The van der Waals surface area contributed by atoms with E-state index in [2.05, 4.69) is 6.58 Å². The summed E-state index contributed by atoms with van der Waals surface area (Å²) >= 11 is 0. The number of carboxylic acid groups (broad SMARTS) is 1. The smallest absolute Gasteiger partial charge is 0.414 e. The summed E-state index contributed by atoms with van der Waals surface area (Å²) in [6.07, 6.45) is 3.71. The molecule has 0 radical (unpaired) electrons. The van der Waals surface area contributed by atoms with Gasteiger partial charge in [-0.25, -0.2) is 9.59 Å². The normalized spacial score (nSPS) is 14.2. The van der Waals surface area contributed by atoms with Crippen molar-refractivity contribution < 1.29 is 19.4 Å². The maximum atomic E-state index is 12.2. The SMILES string of the molecule is C=CCOC(=O)N(c1ccccc1C(=O)O)C1CCC1. The Balaban J connectivity index is 2.33. The van der Waals surface area contributed by atoms with Crippen LogP contribution in [0.4, 0.5) is 10.5 Å². The highest BCUT2D eigenvalue weighted by Crippen LogP contribution is 2.32. The van der Waals surface area contributed by atoms with Crippen molar-refractivity contribution in [1.29, 1.82) is 0 Å². The van der Waals surface area contributed by atoms with Gasteiger partial charge in [-0.3, -0.25) is 4.90 Å². The Labute approximate surface area is 117 Å². The van der Waals surface area contributed by atoms with Crippen molar-refractivity contribution >= 4 is 17.7 Å². The van der Waals surface area contributed by atoms with Crippen LogP contribution in [-0.4, -0.2) is 29.8 Å². The first-order valence-electron chi connectivity index (χ1n) is 6.54. The third-order valence-electron chi connectivity index (χ3n) is 3.36. The van der Waals surface area contributed by atoms with E-state index in [9.17, 15) is 14.7 Å². The van der Waals surface area contributed by atoms with Crippen LogP contribution >= 0.6 is 0 Å². The van der Waals surface area contributed by atoms with Gasteiger partial charge in [0.15, 0.2) is 0 Å². The second-order valence-corrected chi connectivity index (χ2v) is 4.64. The predicted molar refractivity (Wildman–Crippen MR) is 75.1 cm³/mol. The summed E-state index contributed by atoms with van der Waals surface area (Å²) < 4.78 is 5.08. The summed E-state index contributed by atoms with van der Waals surface area (Å²) in [5, 5.41) is 9.25. The topological polar surface area (TPSA) is 66.8 Å². The monoisotopic (exact) mass is 275 g/mol. The van der Waals surface area contributed by atoms with E-state index in [1.165, 1.54) is 17.0 Å². The summed E-state index contributed by atoms with van der Waals surface area (Å²) in [6, 6.07) is 6.49. The molecule has 1 aliphatic rings. The van der Waals surface area contributed by atoms with E-state index in [0.717, 1.165) is 19.3 Å². The summed E-state index contributed by atoms with van der Waals surface area (Å²) in [7, 11) is 0. The van der Waals surface area contributed by atoms with Crippen molar-refractivity contribution in [1.82, 2.24) is 0 Å². The molecule has 0 aliphatic heterocycles. The molecule has 1 aliphatic carbocycles. The van der Waals surface area contributed by atoms with Crippen molar-refractivity contribution in [2.24, 2.45) is 0 Å². The Bertz CT molecular complexity index is 522. The molecule has 2 rings (SSSR count). The molecule has 0 spiro atoms. The highest BCUT2D eigenvalue weighted by atomic mass is 16.6. The lowest BCUT2D eigenvalue weighted by atomic mass is 9.91. The fraction of sp³-hybridized carbons (Fsp3) is 0.333. The first kappa shape index (κ1) is 14.1. The van der Waals surface area contributed by atoms with Crippen LogP contribution in [0.2, 0.25) is 0 Å². The van der Waals surface area contributed by atoms with Crippen LogP contribution in [0.1, 0.15) is 29.6 Å². The van der Waals surface area contributed by atoms with E-state index in [-0.39, 0.29) is 18.2 Å². The van der Waals surface area contributed by atoms with E-state index in [4.69, 9.17) is 4.74 Å². The largest absolute Gasteiger partial charge is 0.478 e. The van der Waals surface area contributed by atoms with Crippen LogP contribution in [0.5, 0.6) is 0 Å². The number of ether oxygens (including phenoxy) is 1. The second kappa shape index (κ2) is 6.23. The zero-order chi connectivity index (χ0) is 14.5. The summed E-state index contributed by atoms with van der Waals surface area (Å²) in [5.41, 5.74) is 0.494. The number of para-hydroxylation sites is 1. The van der Waals surface area contributed by atoms with Gasteiger partial charge in [-0.05, 0) is 31.4 Å².